The minimum atomic E-state index is -1.54. The van der Waals surface area contributed by atoms with Gasteiger partial charge in [-0.25, -0.2) is 0 Å². The molecular formula is C16H20N3O3Si+. The van der Waals surface area contributed by atoms with E-state index in [1.54, 1.807) is 24.3 Å². The molecule has 0 atom stereocenters. The summed E-state index contributed by atoms with van der Waals surface area (Å²) in [6.45, 7) is 6.13. The van der Waals surface area contributed by atoms with Crippen molar-refractivity contribution in [2.45, 2.75) is 19.6 Å². The highest BCUT2D eigenvalue weighted by molar-refractivity contribution is 6.83. The number of amides is 1. The van der Waals surface area contributed by atoms with E-state index in [-0.39, 0.29) is 6.61 Å². The zero-order valence-corrected chi connectivity index (χ0v) is 14.7. The summed E-state index contributed by atoms with van der Waals surface area (Å²) in [5.41, 5.74) is 3.06. The minimum Gasteiger partial charge on any atom is -0.475 e. The highest BCUT2D eigenvalue weighted by Crippen LogP contribution is 2.16. The fourth-order valence-electron chi connectivity index (χ4n) is 1.58. The Morgan fingerprint density at radius 2 is 1.96 bits per heavy atom. The number of hydrogen-bond acceptors (Lipinski definition) is 4. The Balaban J connectivity index is 2.86. The number of benzene rings is 1. The first-order valence-electron chi connectivity index (χ1n) is 7.00. The summed E-state index contributed by atoms with van der Waals surface area (Å²) >= 11 is 0. The van der Waals surface area contributed by atoms with Crippen LogP contribution in [0.3, 0.4) is 0 Å². The molecule has 0 fully saturated rings. The first-order chi connectivity index (χ1) is 10.8. The maximum atomic E-state index is 12.3. The van der Waals surface area contributed by atoms with E-state index >= 15 is 0 Å². The number of carbonyl (C=O) groups excluding carboxylic acids is 1. The lowest BCUT2D eigenvalue weighted by Crippen LogP contribution is -2.27. The van der Waals surface area contributed by atoms with Gasteiger partial charge in [0.15, 0.2) is 11.6 Å². The number of hydrogen-bond donors (Lipinski definition) is 1. The third kappa shape index (κ3) is 5.85. The third-order valence-corrected chi connectivity index (χ3v) is 3.62. The van der Waals surface area contributed by atoms with Crippen LogP contribution < -0.4 is 4.90 Å². The molecule has 1 amide bonds. The molecule has 23 heavy (non-hydrogen) atoms. The van der Waals surface area contributed by atoms with Crippen LogP contribution in [-0.2, 0) is 9.53 Å². The van der Waals surface area contributed by atoms with Crippen LogP contribution in [0.15, 0.2) is 42.0 Å². The Bertz CT molecular complexity index is 691. The van der Waals surface area contributed by atoms with Crippen molar-refractivity contribution in [2.75, 3.05) is 18.6 Å². The van der Waals surface area contributed by atoms with Crippen molar-refractivity contribution in [2.24, 2.45) is 0 Å². The Morgan fingerprint density at radius 3 is 2.48 bits per heavy atom. The molecule has 0 aliphatic rings. The molecule has 1 N–H and O–H groups in total. The number of rotatable bonds is 4. The molecule has 0 bridgehead atoms. The van der Waals surface area contributed by atoms with E-state index in [2.05, 4.69) is 36.1 Å². The van der Waals surface area contributed by atoms with E-state index in [4.69, 9.17) is 10.1 Å². The molecule has 0 radical (unpaired) electrons. The first kappa shape index (κ1) is 18.3. The molecule has 0 aliphatic carbocycles. The van der Waals surface area contributed by atoms with Crippen LogP contribution in [0.1, 0.15) is 0 Å². The number of para-hydroxylation sites is 1. The SMILES string of the molecule is CN(C(=O)/C([N+]#N)=C(\O)OCC#C[Si](C)(C)C)c1ccccc1. The fourth-order valence-corrected chi connectivity index (χ4v) is 2.18. The number of aliphatic hydroxyl groups excluding tert-OH is 1. The van der Waals surface area contributed by atoms with E-state index in [9.17, 15) is 9.90 Å². The van der Waals surface area contributed by atoms with E-state index in [0.29, 0.717) is 5.69 Å². The van der Waals surface area contributed by atoms with Gasteiger partial charge in [0.25, 0.3) is 0 Å². The molecule has 120 valence electrons. The van der Waals surface area contributed by atoms with Crippen LogP contribution in [0.25, 0.3) is 4.98 Å². The average Bonchev–Trinajstić information content (AvgIpc) is 2.51. The van der Waals surface area contributed by atoms with Gasteiger partial charge in [0.1, 0.15) is 8.07 Å². The molecule has 1 rings (SSSR count). The fraction of sp³-hybridized carbons (Fsp3) is 0.312. The van der Waals surface area contributed by atoms with Crippen molar-refractivity contribution in [3.05, 3.63) is 47.0 Å². The molecular weight excluding hydrogens is 310 g/mol. The highest BCUT2D eigenvalue weighted by atomic mass is 28.3. The van der Waals surface area contributed by atoms with Gasteiger partial charge in [-0.1, -0.05) is 43.8 Å². The Morgan fingerprint density at radius 1 is 1.35 bits per heavy atom. The number of likely N-dealkylation sites (N-methyl/N-ethyl adjacent to an activating group) is 1. The van der Waals surface area contributed by atoms with E-state index < -0.39 is 25.6 Å². The quantitative estimate of drug-likeness (QED) is 0.302. The highest BCUT2D eigenvalue weighted by Gasteiger charge is 2.34. The van der Waals surface area contributed by atoms with E-state index in [1.165, 1.54) is 11.9 Å². The Kier molecular flexibility index (Phi) is 6.37. The normalized spacial score (nSPS) is 11.4. The lowest BCUT2D eigenvalue weighted by Gasteiger charge is -2.13. The van der Waals surface area contributed by atoms with Crippen molar-refractivity contribution in [1.29, 1.82) is 5.39 Å². The molecule has 0 aliphatic heterocycles. The number of diazo groups is 1. The smallest absolute Gasteiger partial charge is 0.475 e. The van der Waals surface area contributed by atoms with Gasteiger partial charge in [-0.15, -0.1) is 5.54 Å². The summed E-state index contributed by atoms with van der Waals surface area (Å²) in [4.78, 5) is 16.3. The second-order valence-electron chi connectivity index (χ2n) is 5.79. The number of anilines is 1. The van der Waals surface area contributed by atoms with Gasteiger partial charge < -0.3 is 14.7 Å². The van der Waals surface area contributed by atoms with Gasteiger partial charge in [0.2, 0.25) is 5.39 Å². The lowest BCUT2D eigenvalue weighted by molar-refractivity contribution is -0.115. The molecule has 1 aromatic rings. The van der Waals surface area contributed by atoms with Crippen LogP contribution in [-0.4, -0.2) is 32.7 Å². The molecule has 0 spiro atoms. The van der Waals surface area contributed by atoms with Crippen molar-refractivity contribution in [3.63, 3.8) is 0 Å². The van der Waals surface area contributed by atoms with Crippen molar-refractivity contribution in [3.8, 4) is 11.5 Å². The third-order valence-electron chi connectivity index (χ3n) is 2.70. The van der Waals surface area contributed by atoms with Gasteiger partial charge in [-0.05, 0) is 12.1 Å². The van der Waals surface area contributed by atoms with Crippen LogP contribution >= 0.6 is 0 Å². The molecule has 7 heteroatoms. The molecule has 0 heterocycles. The summed E-state index contributed by atoms with van der Waals surface area (Å²) < 4.78 is 4.98. The average molecular weight is 330 g/mol. The molecule has 0 aromatic heterocycles. The van der Waals surface area contributed by atoms with Gasteiger partial charge in [0, 0.05) is 12.7 Å². The zero-order chi connectivity index (χ0) is 17.5. The number of aliphatic hydroxyl groups is 1. The van der Waals surface area contributed by atoms with Gasteiger partial charge in [-0.2, -0.15) is 0 Å². The molecule has 0 saturated heterocycles. The standard InChI is InChI=1S/C16H19N3O3Si/c1-19(13-9-6-5-7-10-13)15(20)14(18-17)16(21)22-11-8-12-23(2,3)4/h5-7,9-10H,11H2,1-4H3/p+1. The van der Waals surface area contributed by atoms with Crippen molar-refractivity contribution >= 4 is 19.7 Å². The molecule has 1 aromatic carbocycles. The molecule has 6 nitrogen and oxygen atoms in total. The number of ether oxygens (including phenoxy) is 1. The largest absolute Gasteiger partial charge is 0.527 e. The first-order valence-corrected chi connectivity index (χ1v) is 10.5. The summed E-state index contributed by atoms with van der Waals surface area (Å²) in [7, 11) is -0.0342. The molecule has 0 saturated carbocycles. The minimum absolute atomic E-state index is 0.0859. The van der Waals surface area contributed by atoms with Crippen LogP contribution in [0.5, 0.6) is 0 Å². The van der Waals surface area contributed by atoms with E-state index in [0.717, 1.165) is 0 Å². The van der Waals surface area contributed by atoms with Crippen molar-refractivity contribution < 1.29 is 14.6 Å². The Hall–Kier alpha value is -2.77. The van der Waals surface area contributed by atoms with Crippen LogP contribution in [0, 0.1) is 16.9 Å². The van der Waals surface area contributed by atoms with Gasteiger partial charge in [0.05, 0.1) is 0 Å². The lowest BCUT2D eigenvalue weighted by atomic mass is 10.3. The zero-order valence-electron chi connectivity index (χ0n) is 13.7. The Labute approximate surface area is 137 Å². The van der Waals surface area contributed by atoms with Crippen molar-refractivity contribution in [1.82, 2.24) is 0 Å². The number of nitrogens with zero attached hydrogens (tertiary/aromatic N) is 3. The van der Waals surface area contributed by atoms with Gasteiger partial charge in [-0.3, -0.25) is 4.79 Å². The molecule has 0 unspecified atom stereocenters. The second kappa shape index (κ2) is 8.02. The van der Waals surface area contributed by atoms with E-state index in [1.807, 2.05) is 6.07 Å². The second-order valence-corrected chi connectivity index (χ2v) is 10.5. The topological polar surface area (TPSA) is 77.9 Å². The van der Waals surface area contributed by atoms with Crippen LogP contribution in [0.2, 0.25) is 19.6 Å². The van der Waals surface area contributed by atoms with Gasteiger partial charge >= 0.3 is 17.5 Å². The maximum Gasteiger partial charge on any atom is 0.527 e. The summed E-state index contributed by atoms with van der Waals surface area (Å²) in [5, 5.41) is 18.8. The predicted octanol–water partition coefficient (Wildman–Crippen LogP) is 3.13. The maximum absolute atomic E-state index is 12.3. The summed E-state index contributed by atoms with van der Waals surface area (Å²) in [5.74, 6) is 1.32. The van der Waals surface area contributed by atoms with Crippen LogP contribution in [0.4, 0.5) is 5.69 Å². The number of carbonyl (C=O) groups is 1. The predicted molar refractivity (Wildman–Crippen MR) is 91.7 cm³/mol. The monoisotopic (exact) mass is 330 g/mol. The summed E-state index contributed by atoms with van der Waals surface area (Å²) in [6, 6.07) is 8.77. The summed E-state index contributed by atoms with van der Waals surface area (Å²) in [6.07, 6.45) is 0.